The Kier molecular flexibility index (Phi) is 68.4. The van der Waals surface area contributed by atoms with Gasteiger partial charge in [-0.25, -0.2) is 9.13 Å². The van der Waals surface area contributed by atoms with Gasteiger partial charge < -0.3 is 33.8 Å². The van der Waals surface area contributed by atoms with Crippen LogP contribution < -0.4 is 0 Å². The van der Waals surface area contributed by atoms with Crippen molar-refractivity contribution in [2.24, 2.45) is 0 Å². The van der Waals surface area contributed by atoms with Crippen LogP contribution in [0.25, 0.3) is 0 Å². The third-order valence-corrected chi connectivity index (χ3v) is 17.9. The molecule has 3 N–H and O–H groups in total. The second kappa shape index (κ2) is 71.4. The number of aliphatic hydroxyl groups is 1. The van der Waals surface area contributed by atoms with Gasteiger partial charge in [0.25, 0.3) is 0 Å². The van der Waals surface area contributed by atoms with Crippen LogP contribution >= 0.6 is 15.6 Å². The summed E-state index contributed by atoms with van der Waals surface area (Å²) in [7, 11) is -9.96. The standard InChI is InChI=1S/C79H138O17P2/c1-5-9-13-17-21-25-29-33-35-36-38-41-44-48-52-56-60-64-77(82)90-70-75(96-79(84)66-62-58-54-50-46-42-37-34-30-26-22-18-14-10-6-2)72-94-98(87,88)92-68-73(80)67-91-97(85,86)93-71-74(95-78(83)65-61-57-53-49-45-40-32-28-24-20-16-12-8-4)69-89-76(81)63-59-55-51-47-43-39-31-27-23-19-15-11-7-3/h9,13,21-22,25-28,31-35,37-38,41,73-75,80H,5-8,10-12,14-20,23-24,29-30,36,39-40,42-72H2,1-4H3,(H,85,86)(H,87,88)/b13-9-,25-21-,26-22-,31-27-,32-28-,35-33-,37-34-,41-38-. The van der Waals surface area contributed by atoms with E-state index in [-0.39, 0.29) is 25.7 Å². The first-order valence-electron chi connectivity index (χ1n) is 38.5. The number of rotatable bonds is 72. The van der Waals surface area contributed by atoms with Gasteiger partial charge in [-0.3, -0.25) is 37.3 Å². The Labute approximate surface area is 595 Å². The number of carbonyl (C=O) groups is 4. The smallest absolute Gasteiger partial charge is 0.462 e. The summed E-state index contributed by atoms with van der Waals surface area (Å²) in [4.78, 5) is 72.8. The molecule has 19 heteroatoms. The number of phosphoric acid groups is 2. The summed E-state index contributed by atoms with van der Waals surface area (Å²) in [6, 6.07) is 0. The minimum Gasteiger partial charge on any atom is -0.462 e. The number of ether oxygens (including phenoxy) is 4. The maximum Gasteiger partial charge on any atom is 0.472 e. The molecule has 0 aliphatic rings. The molecule has 0 aromatic heterocycles. The van der Waals surface area contributed by atoms with Crippen molar-refractivity contribution in [1.29, 1.82) is 0 Å². The highest BCUT2D eigenvalue weighted by atomic mass is 31.2. The molecule has 0 heterocycles. The highest BCUT2D eigenvalue weighted by molar-refractivity contribution is 7.47. The van der Waals surface area contributed by atoms with E-state index >= 15 is 0 Å². The lowest BCUT2D eigenvalue weighted by Crippen LogP contribution is -2.30. The van der Waals surface area contributed by atoms with Crippen molar-refractivity contribution in [1.82, 2.24) is 0 Å². The summed E-state index contributed by atoms with van der Waals surface area (Å²) in [6.07, 6.45) is 73.9. The van der Waals surface area contributed by atoms with Crippen molar-refractivity contribution in [3.8, 4) is 0 Å². The lowest BCUT2D eigenvalue weighted by Gasteiger charge is -2.21. The first-order valence-corrected chi connectivity index (χ1v) is 41.5. The van der Waals surface area contributed by atoms with Gasteiger partial charge in [0.2, 0.25) is 0 Å². The Hall–Kier alpha value is -4.02. The summed E-state index contributed by atoms with van der Waals surface area (Å²) in [5.74, 6) is -2.22. The van der Waals surface area contributed by atoms with E-state index in [0.29, 0.717) is 25.7 Å². The lowest BCUT2D eigenvalue weighted by molar-refractivity contribution is -0.161. The minimum absolute atomic E-state index is 0.0728. The van der Waals surface area contributed by atoms with Crippen LogP contribution in [0.4, 0.5) is 0 Å². The van der Waals surface area contributed by atoms with Crippen LogP contribution in [0.1, 0.15) is 323 Å². The van der Waals surface area contributed by atoms with E-state index in [2.05, 4.69) is 125 Å². The number of phosphoric ester groups is 2. The largest absolute Gasteiger partial charge is 0.472 e. The molecule has 5 atom stereocenters. The Morgan fingerprint density at radius 2 is 0.531 bits per heavy atom. The van der Waals surface area contributed by atoms with Crippen molar-refractivity contribution in [3.63, 3.8) is 0 Å². The molecular weight excluding hydrogens is 1280 g/mol. The summed E-state index contributed by atoms with van der Waals surface area (Å²) < 4.78 is 68.4. The molecule has 0 radical (unpaired) electrons. The van der Waals surface area contributed by atoms with Gasteiger partial charge in [-0.1, -0.05) is 247 Å². The van der Waals surface area contributed by atoms with E-state index in [4.69, 9.17) is 37.0 Å². The van der Waals surface area contributed by atoms with Crippen molar-refractivity contribution in [2.45, 2.75) is 341 Å². The Balaban J connectivity index is 5.38. The number of carbonyl (C=O) groups excluding carboxylic acids is 4. The number of allylic oxidation sites excluding steroid dienone is 16. The maximum absolute atomic E-state index is 13.1. The number of unbranched alkanes of at least 4 members (excludes halogenated alkanes) is 30. The van der Waals surface area contributed by atoms with E-state index in [0.717, 1.165) is 173 Å². The topological polar surface area (TPSA) is 237 Å². The zero-order valence-electron chi connectivity index (χ0n) is 61.7. The molecule has 0 rings (SSSR count). The lowest BCUT2D eigenvalue weighted by atomic mass is 10.1. The molecule has 0 saturated heterocycles. The van der Waals surface area contributed by atoms with E-state index in [1.54, 1.807) is 0 Å². The summed E-state index contributed by atoms with van der Waals surface area (Å²) in [5.41, 5.74) is 0. The zero-order chi connectivity index (χ0) is 71.8. The SMILES string of the molecule is CC/C=C\C/C=C\C/C=C\C/C=C\CCCCCCC(=O)OCC(COP(=O)(O)OCC(O)COP(=O)(O)OCC(COC(=O)CCCCCCC/C=C\CCCCCC)OC(=O)CCCCCCC/C=C\CCCCCC)OC(=O)CCCCCCC/C=C\C/C=C\CCCCC. The molecule has 0 aliphatic carbocycles. The highest BCUT2D eigenvalue weighted by Crippen LogP contribution is 2.45. The van der Waals surface area contributed by atoms with Gasteiger partial charge in [-0.2, -0.15) is 0 Å². The molecule has 0 spiro atoms. The second-order valence-corrected chi connectivity index (χ2v) is 28.5. The van der Waals surface area contributed by atoms with E-state index < -0.39 is 97.5 Å². The molecule has 17 nitrogen and oxygen atoms in total. The first kappa shape index (κ1) is 94.0. The quantitative estimate of drug-likeness (QED) is 0.0169. The summed E-state index contributed by atoms with van der Waals surface area (Å²) >= 11 is 0. The molecule has 0 aliphatic heterocycles. The average Bonchev–Trinajstić information content (AvgIpc) is 1.05. The van der Waals surface area contributed by atoms with Crippen molar-refractivity contribution < 1.29 is 80.2 Å². The van der Waals surface area contributed by atoms with Crippen LogP contribution in [0, 0.1) is 0 Å². The Morgan fingerprint density at radius 1 is 0.296 bits per heavy atom. The number of hydrogen-bond acceptors (Lipinski definition) is 15. The monoisotopic (exact) mass is 1420 g/mol. The minimum atomic E-state index is -4.98. The number of aliphatic hydroxyl groups excluding tert-OH is 1. The van der Waals surface area contributed by atoms with Gasteiger partial charge in [0.1, 0.15) is 19.3 Å². The predicted octanol–water partition coefficient (Wildman–Crippen LogP) is 22.0. The fourth-order valence-electron chi connectivity index (χ4n) is 10.1. The van der Waals surface area contributed by atoms with Gasteiger partial charge in [0.05, 0.1) is 26.4 Å². The fraction of sp³-hybridized carbons (Fsp3) is 0.747. The average molecular weight is 1420 g/mol. The zero-order valence-corrected chi connectivity index (χ0v) is 63.5. The van der Waals surface area contributed by atoms with Crippen LogP contribution in [0.2, 0.25) is 0 Å². The Bertz CT molecular complexity index is 2240. The van der Waals surface area contributed by atoms with Gasteiger partial charge in [-0.15, -0.1) is 0 Å². The van der Waals surface area contributed by atoms with E-state index in [1.807, 2.05) is 0 Å². The predicted molar refractivity (Wildman–Crippen MR) is 399 cm³/mol. The van der Waals surface area contributed by atoms with Crippen molar-refractivity contribution >= 4 is 39.5 Å². The van der Waals surface area contributed by atoms with Gasteiger partial charge in [0.15, 0.2) is 12.2 Å². The van der Waals surface area contributed by atoms with Crippen LogP contribution in [0.3, 0.4) is 0 Å². The summed E-state index contributed by atoms with van der Waals surface area (Å²) in [6.45, 7) is 4.66. The molecule has 0 amide bonds. The molecule has 0 saturated carbocycles. The van der Waals surface area contributed by atoms with Crippen LogP contribution in [-0.2, 0) is 65.4 Å². The van der Waals surface area contributed by atoms with Gasteiger partial charge in [-0.05, 0) is 148 Å². The molecule has 0 bridgehead atoms. The normalized spacial score (nSPS) is 14.5. The molecule has 566 valence electrons. The number of hydrogen-bond donors (Lipinski definition) is 3. The van der Waals surface area contributed by atoms with E-state index in [1.165, 1.54) is 70.6 Å². The molecule has 5 unspecified atom stereocenters. The third-order valence-electron chi connectivity index (χ3n) is 16.0. The van der Waals surface area contributed by atoms with Crippen LogP contribution in [-0.4, -0.2) is 96.7 Å². The van der Waals surface area contributed by atoms with Crippen molar-refractivity contribution in [2.75, 3.05) is 39.6 Å². The van der Waals surface area contributed by atoms with E-state index in [9.17, 15) is 43.2 Å². The van der Waals surface area contributed by atoms with Crippen LogP contribution in [0.5, 0.6) is 0 Å². The molecular formula is C79H138O17P2. The van der Waals surface area contributed by atoms with Gasteiger partial charge in [0, 0.05) is 25.7 Å². The maximum atomic E-state index is 13.1. The number of esters is 4. The molecule has 0 fully saturated rings. The first-order chi connectivity index (χ1) is 47.7. The molecule has 0 aromatic carbocycles. The molecule has 0 aromatic rings. The second-order valence-electron chi connectivity index (χ2n) is 25.6. The summed E-state index contributed by atoms with van der Waals surface area (Å²) in [5, 5.41) is 10.6. The van der Waals surface area contributed by atoms with Crippen LogP contribution in [0.15, 0.2) is 97.2 Å². The fourth-order valence-corrected chi connectivity index (χ4v) is 11.7. The van der Waals surface area contributed by atoms with Gasteiger partial charge >= 0.3 is 39.5 Å². The highest BCUT2D eigenvalue weighted by Gasteiger charge is 2.30. The third kappa shape index (κ3) is 70.4. The van der Waals surface area contributed by atoms with Crippen molar-refractivity contribution in [3.05, 3.63) is 97.2 Å². The molecule has 98 heavy (non-hydrogen) atoms. The Morgan fingerprint density at radius 3 is 0.847 bits per heavy atom.